The molecule has 0 saturated heterocycles. The van der Waals surface area contributed by atoms with E-state index < -0.39 is 5.91 Å². The number of rotatable bonds is 3. The van der Waals surface area contributed by atoms with Gasteiger partial charge in [-0.3, -0.25) is 14.9 Å². The molecule has 0 fully saturated rings. The van der Waals surface area contributed by atoms with Crippen LogP contribution in [0.25, 0.3) is 21.3 Å². The summed E-state index contributed by atoms with van der Waals surface area (Å²) in [5, 5.41) is 19.2. The molecule has 1 amide bonds. The number of aromatic nitrogens is 4. The van der Waals surface area contributed by atoms with Crippen LogP contribution in [-0.4, -0.2) is 26.3 Å². The zero-order valence-electron chi connectivity index (χ0n) is 13.1. The molecule has 4 aromatic rings. The van der Waals surface area contributed by atoms with Gasteiger partial charge in [0, 0.05) is 10.9 Å². The fourth-order valence-corrected chi connectivity index (χ4v) is 3.52. The molecular weight excluding hydrogens is 374 g/mol. The predicted molar refractivity (Wildman–Crippen MR) is 101 cm³/mol. The number of carbonyl (C=O) groups excluding carboxylic acids is 1. The van der Waals surface area contributed by atoms with Crippen molar-refractivity contribution < 1.29 is 4.79 Å². The van der Waals surface area contributed by atoms with Crippen molar-refractivity contribution in [2.24, 2.45) is 0 Å². The Morgan fingerprint density at radius 3 is 2.58 bits per heavy atom. The quantitative estimate of drug-likeness (QED) is 0.565. The van der Waals surface area contributed by atoms with E-state index in [-0.39, 0.29) is 11.3 Å². The Hall–Kier alpha value is -3.10. The minimum atomic E-state index is -0.487. The van der Waals surface area contributed by atoms with Gasteiger partial charge < -0.3 is 0 Å². The van der Waals surface area contributed by atoms with E-state index in [4.69, 9.17) is 11.6 Å². The number of anilines is 1. The molecule has 0 aliphatic heterocycles. The van der Waals surface area contributed by atoms with Crippen molar-refractivity contribution in [3.05, 3.63) is 69.6 Å². The Bertz CT molecular complexity index is 1190. The summed E-state index contributed by atoms with van der Waals surface area (Å²) >= 11 is 7.35. The molecule has 9 heteroatoms. The molecule has 0 aliphatic carbocycles. The smallest absolute Gasteiger partial charge is 0.278 e. The Balaban J connectivity index is 1.65. The fourth-order valence-electron chi connectivity index (χ4n) is 2.46. The van der Waals surface area contributed by atoms with Crippen molar-refractivity contribution in [1.29, 1.82) is 0 Å². The lowest BCUT2D eigenvalue weighted by Crippen LogP contribution is -2.19. The molecule has 2 N–H and O–H groups in total. The van der Waals surface area contributed by atoms with Crippen molar-refractivity contribution in [2.45, 2.75) is 0 Å². The lowest BCUT2D eigenvalue weighted by Gasteiger charge is -2.03. The van der Waals surface area contributed by atoms with Crippen LogP contribution in [0.1, 0.15) is 10.5 Å². The largest absolute Gasteiger partial charge is 0.295 e. The number of hydrogen-bond acceptors (Lipinski definition) is 6. The van der Waals surface area contributed by atoms with Crippen LogP contribution in [0.3, 0.4) is 0 Å². The number of halogens is 1. The first-order valence-corrected chi connectivity index (χ1v) is 8.70. The van der Waals surface area contributed by atoms with Crippen LogP contribution in [0, 0.1) is 0 Å². The van der Waals surface area contributed by atoms with E-state index in [2.05, 4.69) is 25.7 Å². The topological polar surface area (TPSA) is 101 Å². The highest BCUT2D eigenvalue weighted by atomic mass is 35.5. The fraction of sp³-hybridized carbons (Fsp3) is 0. The van der Waals surface area contributed by atoms with E-state index in [9.17, 15) is 9.59 Å². The van der Waals surface area contributed by atoms with Gasteiger partial charge in [0.05, 0.1) is 10.4 Å². The van der Waals surface area contributed by atoms with Crippen molar-refractivity contribution in [3.8, 4) is 10.6 Å². The van der Waals surface area contributed by atoms with Gasteiger partial charge in [-0.05, 0) is 12.1 Å². The molecule has 0 atom stereocenters. The highest BCUT2D eigenvalue weighted by molar-refractivity contribution is 7.18. The minimum absolute atomic E-state index is 0.106. The van der Waals surface area contributed by atoms with Crippen LogP contribution >= 0.6 is 22.9 Å². The van der Waals surface area contributed by atoms with Crippen LogP contribution < -0.4 is 10.9 Å². The molecule has 0 radical (unpaired) electrons. The Morgan fingerprint density at radius 1 is 1.04 bits per heavy atom. The van der Waals surface area contributed by atoms with E-state index in [1.807, 2.05) is 18.2 Å². The number of hydrogen-bond donors (Lipinski definition) is 2. The number of nitrogens with one attached hydrogen (secondary N) is 2. The molecule has 0 aliphatic rings. The molecule has 7 nitrogen and oxygen atoms in total. The number of amides is 1. The monoisotopic (exact) mass is 383 g/mol. The highest BCUT2D eigenvalue weighted by Crippen LogP contribution is 2.31. The zero-order chi connectivity index (χ0) is 18.1. The molecule has 0 unspecified atom stereocenters. The molecule has 2 aromatic heterocycles. The maximum Gasteiger partial charge on any atom is 0.278 e. The van der Waals surface area contributed by atoms with Crippen LogP contribution in [0.15, 0.2) is 53.3 Å². The molecule has 128 valence electrons. The molecular formula is C17H10ClN5O2S. The zero-order valence-corrected chi connectivity index (χ0v) is 14.6. The number of nitrogens with zero attached hydrogens (tertiary/aromatic N) is 3. The van der Waals surface area contributed by atoms with Gasteiger partial charge in [-0.2, -0.15) is 5.10 Å². The summed E-state index contributed by atoms with van der Waals surface area (Å²) in [4.78, 5) is 24.4. The van der Waals surface area contributed by atoms with E-state index in [0.29, 0.717) is 25.9 Å². The average molecular weight is 384 g/mol. The van der Waals surface area contributed by atoms with Crippen molar-refractivity contribution >= 4 is 44.7 Å². The summed E-state index contributed by atoms with van der Waals surface area (Å²) in [5.74, 6) is -0.487. The second kappa shape index (κ2) is 6.66. The lowest BCUT2D eigenvalue weighted by molar-refractivity contribution is 0.102. The minimum Gasteiger partial charge on any atom is -0.295 e. The van der Waals surface area contributed by atoms with Gasteiger partial charge in [0.2, 0.25) is 5.13 Å². The number of aromatic amines is 1. The molecule has 2 aromatic carbocycles. The third-order valence-electron chi connectivity index (χ3n) is 3.66. The van der Waals surface area contributed by atoms with Gasteiger partial charge in [0.15, 0.2) is 10.7 Å². The summed E-state index contributed by atoms with van der Waals surface area (Å²) in [5.41, 5.74) is 0.489. The van der Waals surface area contributed by atoms with Crippen molar-refractivity contribution in [3.63, 3.8) is 0 Å². The molecule has 0 spiro atoms. The summed E-state index contributed by atoms with van der Waals surface area (Å²) < 4.78 is 0. The van der Waals surface area contributed by atoms with Gasteiger partial charge in [-0.1, -0.05) is 59.3 Å². The van der Waals surface area contributed by atoms with E-state index in [1.54, 1.807) is 30.3 Å². The Labute approximate surface area is 155 Å². The van der Waals surface area contributed by atoms with Gasteiger partial charge in [-0.15, -0.1) is 10.2 Å². The normalized spacial score (nSPS) is 10.8. The predicted octanol–water partition coefficient (Wildman–Crippen LogP) is 3.35. The van der Waals surface area contributed by atoms with Gasteiger partial charge in [0.1, 0.15) is 0 Å². The highest BCUT2D eigenvalue weighted by Gasteiger charge is 2.17. The number of H-pyrrole nitrogens is 1. The summed E-state index contributed by atoms with van der Waals surface area (Å²) in [6.07, 6.45) is 0. The second-order valence-electron chi connectivity index (χ2n) is 5.29. The van der Waals surface area contributed by atoms with Crippen molar-refractivity contribution in [2.75, 3.05) is 5.32 Å². The molecule has 0 saturated carbocycles. The SMILES string of the molecule is O=C(Nc1nnc(-c2ccccc2Cl)s1)c1n[nH]c(=O)c2ccccc12. The number of carbonyl (C=O) groups is 1. The first-order chi connectivity index (χ1) is 12.6. The van der Waals surface area contributed by atoms with Crippen molar-refractivity contribution in [1.82, 2.24) is 20.4 Å². The summed E-state index contributed by atoms with van der Waals surface area (Å²) in [7, 11) is 0. The van der Waals surface area contributed by atoms with E-state index >= 15 is 0 Å². The summed E-state index contributed by atoms with van der Waals surface area (Å²) in [6.45, 7) is 0. The first-order valence-electron chi connectivity index (χ1n) is 7.50. The van der Waals surface area contributed by atoms with Crippen LogP contribution in [0.4, 0.5) is 5.13 Å². The van der Waals surface area contributed by atoms with Gasteiger partial charge in [-0.25, -0.2) is 5.10 Å². The molecule has 26 heavy (non-hydrogen) atoms. The molecule has 4 rings (SSSR count). The Morgan fingerprint density at radius 2 is 1.77 bits per heavy atom. The first kappa shape index (κ1) is 16.4. The van der Waals surface area contributed by atoms with Crippen LogP contribution in [0.2, 0.25) is 5.02 Å². The maximum absolute atomic E-state index is 12.6. The Kier molecular flexibility index (Phi) is 4.19. The van der Waals surface area contributed by atoms with Crippen LogP contribution in [0.5, 0.6) is 0 Å². The second-order valence-corrected chi connectivity index (χ2v) is 6.68. The van der Waals surface area contributed by atoms with E-state index in [0.717, 1.165) is 5.56 Å². The lowest BCUT2D eigenvalue weighted by atomic mass is 10.1. The summed E-state index contributed by atoms with van der Waals surface area (Å²) in [6, 6.07) is 14.0. The molecule has 0 bridgehead atoms. The van der Waals surface area contributed by atoms with Gasteiger partial charge in [0.25, 0.3) is 11.5 Å². The van der Waals surface area contributed by atoms with E-state index in [1.165, 1.54) is 11.3 Å². The number of fused-ring (bicyclic) bond motifs is 1. The van der Waals surface area contributed by atoms with Crippen LogP contribution in [-0.2, 0) is 0 Å². The molecule has 2 heterocycles. The third-order valence-corrected chi connectivity index (χ3v) is 4.86. The average Bonchev–Trinajstić information content (AvgIpc) is 3.11. The third kappa shape index (κ3) is 2.96. The van der Waals surface area contributed by atoms with Gasteiger partial charge >= 0.3 is 0 Å². The maximum atomic E-state index is 12.6. The standard InChI is InChI=1S/C17H10ClN5O2S/c18-12-8-4-3-7-11(12)16-22-23-17(26-16)19-15(25)13-9-5-1-2-6-10(9)14(24)21-20-13/h1-8H,(H,21,24)(H,19,23,25). The number of benzene rings is 2.